The van der Waals surface area contributed by atoms with Crippen LogP contribution in [0.2, 0.25) is 0 Å². The normalized spacial score (nSPS) is 12.4. The molecule has 0 aliphatic rings. The summed E-state index contributed by atoms with van der Waals surface area (Å²) < 4.78 is 20.3. The standard InChI is InChI=1S/C13H15FN2O2/c1-9(17)12-4-3-10(14)7-13(12)18-8-11-5-6-16(2)15-11/h3-7,9,17H,8H2,1-2H3/t9-/m1/s1. The van der Waals surface area contributed by atoms with Crippen molar-refractivity contribution in [2.75, 3.05) is 0 Å². The van der Waals surface area contributed by atoms with Crippen LogP contribution >= 0.6 is 0 Å². The Labute approximate surface area is 105 Å². The molecule has 96 valence electrons. The van der Waals surface area contributed by atoms with Crippen LogP contribution in [-0.4, -0.2) is 14.9 Å². The summed E-state index contributed by atoms with van der Waals surface area (Å²) in [6.07, 6.45) is 1.10. The fourth-order valence-corrected chi connectivity index (χ4v) is 1.67. The van der Waals surface area contributed by atoms with E-state index in [0.29, 0.717) is 11.3 Å². The molecule has 18 heavy (non-hydrogen) atoms. The molecule has 5 heteroatoms. The first kappa shape index (κ1) is 12.6. The van der Waals surface area contributed by atoms with Crippen LogP contribution in [-0.2, 0) is 13.7 Å². The van der Waals surface area contributed by atoms with Crippen LogP contribution in [0.15, 0.2) is 30.5 Å². The fourth-order valence-electron chi connectivity index (χ4n) is 1.67. The first-order chi connectivity index (χ1) is 8.56. The van der Waals surface area contributed by atoms with E-state index in [1.54, 1.807) is 17.8 Å². The van der Waals surface area contributed by atoms with Gasteiger partial charge in [-0.05, 0) is 25.1 Å². The molecule has 4 nitrogen and oxygen atoms in total. The lowest BCUT2D eigenvalue weighted by Gasteiger charge is -2.12. The van der Waals surface area contributed by atoms with Crippen molar-refractivity contribution in [2.45, 2.75) is 19.6 Å². The number of benzene rings is 1. The van der Waals surface area contributed by atoms with Crippen LogP contribution in [0.5, 0.6) is 5.75 Å². The minimum atomic E-state index is -0.704. The lowest BCUT2D eigenvalue weighted by atomic mass is 10.1. The molecule has 0 bridgehead atoms. The summed E-state index contributed by atoms with van der Waals surface area (Å²) in [6, 6.07) is 5.91. The summed E-state index contributed by atoms with van der Waals surface area (Å²) in [7, 11) is 1.81. The zero-order valence-corrected chi connectivity index (χ0v) is 10.3. The molecule has 1 heterocycles. The third-order valence-corrected chi connectivity index (χ3v) is 2.57. The van der Waals surface area contributed by atoms with E-state index >= 15 is 0 Å². The Hall–Kier alpha value is -1.88. The van der Waals surface area contributed by atoms with Crippen LogP contribution in [0.3, 0.4) is 0 Å². The third kappa shape index (κ3) is 2.87. The van der Waals surface area contributed by atoms with Crippen LogP contribution in [0, 0.1) is 5.82 Å². The smallest absolute Gasteiger partial charge is 0.132 e. The van der Waals surface area contributed by atoms with Crippen LogP contribution in [0.4, 0.5) is 4.39 Å². The van der Waals surface area contributed by atoms with E-state index < -0.39 is 11.9 Å². The number of halogens is 1. The lowest BCUT2D eigenvalue weighted by Crippen LogP contribution is -2.02. The second-order valence-electron chi connectivity index (χ2n) is 4.13. The van der Waals surface area contributed by atoms with Gasteiger partial charge in [-0.1, -0.05) is 0 Å². The second-order valence-corrected chi connectivity index (χ2v) is 4.13. The van der Waals surface area contributed by atoms with E-state index in [1.165, 1.54) is 18.2 Å². The number of rotatable bonds is 4. The summed E-state index contributed by atoms with van der Waals surface area (Å²) in [5, 5.41) is 13.7. The molecule has 0 aliphatic heterocycles. The molecule has 1 atom stereocenters. The zero-order chi connectivity index (χ0) is 13.1. The molecule has 0 saturated carbocycles. The molecule has 0 amide bonds. The highest BCUT2D eigenvalue weighted by Gasteiger charge is 2.11. The van der Waals surface area contributed by atoms with Gasteiger partial charge in [0.15, 0.2) is 0 Å². The van der Waals surface area contributed by atoms with E-state index in [1.807, 2.05) is 13.1 Å². The first-order valence-corrected chi connectivity index (χ1v) is 5.65. The summed E-state index contributed by atoms with van der Waals surface area (Å²) in [5.41, 5.74) is 1.31. The van der Waals surface area contributed by atoms with Gasteiger partial charge in [0.25, 0.3) is 0 Å². The predicted molar refractivity (Wildman–Crippen MR) is 64.6 cm³/mol. The number of aliphatic hydroxyl groups is 1. The zero-order valence-electron chi connectivity index (χ0n) is 10.3. The van der Waals surface area contributed by atoms with Crippen molar-refractivity contribution in [1.82, 2.24) is 9.78 Å². The topological polar surface area (TPSA) is 47.3 Å². The largest absolute Gasteiger partial charge is 0.487 e. The number of aryl methyl sites for hydroxylation is 1. The molecule has 2 aromatic rings. The summed E-state index contributed by atoms with van der Waals surface area (Å²) in [6.45, 7) is 1.85. The lowest BCUT2D eigenvalue weighted by molar-refractivity contribution is 0.189. The van der Waals surface area contributed by atoms with Crippen molar-refractivity contribution >= 4 is 0 Å². The summed E-state index contributed by atoms with van der Waals surface area (Å²) in [4.78, 5) is 0. The number of aliphatic hydroxyl groups excluding tert-OH is 1. The quantitative estimate of drug-likeness (QED) is 0.904. The molecule has 1 aromatic heterocycles. The summed E-state index contributed by atoms with van der Waals surface area (Å²) in [5.74, 6) is -0.0499. The van der Waals surface area contributed by atoms with Crippen molar-refractivity contribution in [2.24, 2.45) is 7.05 Å². The molecule has 0 saturated heterocycles. The maximum Gasteiger partial charge on any atom is 0.132 e. The Morgan fingerprint density at radius 3 is 2.83 bits per heavy atom. The van der Waals surface area contributed by atoms with Gasteiger partial charge in [-0.3, -0.25) is 4.68 Å². The predicted octanol–water partition coefficient (Wildman–Crippen LogP) is 2.19. The maximum atomic E-state index is 13.2. The number of ether oxygens (including phenoxy) is 1. The molecule has 1 aromatic carbocycles. The molecule has 0 unspecified atom stereocenters. The van der Waals surface area contributed by atoms with Gasteiger partial charge in [0.05, 0.1) is 11.8 Å². The Balaban J connectivity index is 2.15. The van der Waals surface area contributed by atoms with E-state index in [9.17, 15) is 9.50 Å². The van der Waals surface area contributed by atoms with Gasteiger partial charge in [-0.2, -0.15) is 5.10 Å². The molecular formula is C13H15FN2O2. The monoisotopic (exact) mass is 250 g/mol. The molecule has 0 aliphatic carbocycles. The molecule has 1 N–H and O–H groups in total. The van der Waals surface area contributed by atoms with Gasteiger partial charge in [0.1, 0.15) is 18.2 Å². The molecular weight excluding hydrogens is 235 g/mol. The van der Waals surface area contributed by atoms with Crippen LogP contribution in [0.1, 0.15) is 24.3 Å². The molecule has 2 rings (SSSR count). The van der Waals surface area contributed by atoms with Gasteiger partial charge >= 0.3 is 0 Å². The summed E-state index contributed by atoms with van der Waals surface area (Å²) >= 11 is 0. The van der Waals surface area contributed by atoms with Crippen molar-refractivity contribution < 1.29 is 14.2 Å². The van der Waals surface area contributed by atoms with E-state index in [4.69, 9.17) is 4.74 Å². The van der Waals surface area contributed by atoms with E-state index in [2.05, 4.69) is 5.10 Å². The number of aromatic nitrogens is 2. The van der Waals surface area contributed by atoms with Crippen LogP contribution in [0.25, 0.3) is 0 Å². The number of hydrogen-bond donors (Lipinski definition) is 1. The number of nitrogens with zero attached hydrogens (tertiary/aromatic N) is 2. The van der Waals surface area contributed by atoms with Crippen molar-refractivity contribution in [3.8, 4) is 5.75 Å². The van der Waals surface area contributed by atoms with Gasteiger partial charge in [0.2, 0.25) is 0 Å². The highest BCUT2D eigenvalue weighted by atomic mass is 19.1. The Morgan fingerprint density at radius 2 is 2.22 bits per heavy atom. The average molecular weight is 250 g/mol. The average Bonchev–Trinajstić information content (AvgIpc) is 2.72. The SMILES string of the molecule is C[C@@H](O)c1ccc(F)cc1OCc1ccn(C)n1. The second kappa shape index (κ2) is 5.18. The minimum Gasteiger partial charge on any atom is -0.487 e. The maximum absolute atomic E-state index is 13.2. The van der Waals surface area contributed by atoms with Crippen molar-refractivity contribution in [3.05, 3.63) is 47.5 Å². The molecule has 0 spiro atoms. The Kier molecular flexibility index (Phi) is 3.62. The Morgan fingerprint density at radius 1 is 1.44 bits per heavy atom. The van der Waals surface area contributed by atoms with Gasteiger partial charge < -0.3 is 9.84 Å². The van der Waals surface area contributed by atoms with Gasteiger partial charge in [-0.25, -0.2) is 4.39 Å². The van der Waals surface area contributed by atoms with Gasteiger partial charge in [-0.15, -0.1) is 0 Å². The number of hydrogen-bond acceptors (Lipinski definition) is 3. The van der Waals surface area contributed by atoms with Crippen molar-refractivity contribution in [3.63, 3.8) is 0 Å². The Bertz CT molecular complexity index is 538. The fraction of sp³-hybridized carbons (Fsp3) is 0.308. The highest BCUT2D eigenvalue weighted by molar-refractivity contribution is 5.35. The molecule has 0 fully saturated rings. The van der Waals surface area contributed by atoms with Gasteiger partial charge in [0, 0.05) is 24.9 Å². The third-order valence-electron chi connectivity index (χ3n) is 2.57. The molecule has 0 radical (unpaired) electrons. The first-order valence-electron chi connectivity index (χ1n) is 5.65. The van der Waals surface area contributed by atoms with Crippen LogP contribution < -0.4 is 4.74 Å². The van der Waals surface area contributed by atoms with E-state index in [-0.39, 0.29) is 6.61 Å². The van der Waals surface area contributed by atoms with E-state index in [0.717, 1.165) is 5.69 Å². The highest BCUT2D eigenvalue weighted by Crippen LogP contribution is 2.26. The minimum absolute atomic E-state index is 0.240. The van der Waals surface area contributed by atoms with Crippen molar-refractivity contribution in [1.29, 1.82) is 0 Å².